The Bertz CT molecular complexity index is 268. The summed E-state index contributed by atoms with van der Waals surface area (Å²) >= 11 is 0. The van der Waals surface area contributed by atoms with E-state index in [4.69, 9.17) is 11.5 Å². The van der Waals surface area contributed by atoms with Crippen LogP contribution in [0.25, 0.3) is 0 Å². The molecule has 0 saturated heterocycles. The minimum absolute atomic E-state index is 0.868. The lowest BCUT2D eigenvalue weighted by Gasteiger charge is -2.06. The standard InChI is InChI=1S/C28H61N3/c29-25-21-17-13-9-5-1-3-7-11-15-19-23-27-31-28-24-20-16-12-8-4-2-6-10-14-18-22-26-30/h31H,1-30H2. The lowest BCUT2D eigenvalue weighted by atomic mass is 10.0. The van der Waals surface area contributed by atoms with Crippen molar-refractivity contribution in [2.45, 2.75) is 154 Å². The maximum absolute atomic E-state index is 5.53. The van der Waals surface area contributed by atoms with Crippen molar-refractivity contribution in [1.29, 1.82) is 0 Å². The third-order valence-electron chi connectivity index (χ3n) is 6.62. The van der Waals surface area contributed by atoms with Crippen molar-refractivity contribution >= 4 is 0 Å². The highest BCUT2D eigenvalue weighted by atomic mass is 14.8. The summed E-state index contributed by atoms with van der Waals surface area (Å²) in [6.07, 6.45) is 33.6. The van der Waals surface area contributed by atoms with Gasteiger partial charge >= 0.3 is 0 Å². The van der Waals surface area contributed by atoms with Crippen LogP contribution in [0.4, 0.5) is 0 Å². The molecule has 0 aliphatic rings. The van der Waals surface area contributed by atoms with Crippen molar-refractivity contribution in [2.24, 2.45) is 11.5 Å². The molecule has 0 heterocycles. The molecule has 3 heteroatoms. The van der Waals surface area contributed by atoms with E-state index in [1.54, 1.807) is 0 Å². The van der Waals surface area contributed by atoms with Gasteiger partial charge in [0.15, 0.2) is 0 Å². The van der Waals surface area contributed by atoms with Crippen LogP contribution in [0.2, 0.25) is 0 Å². The van der Waals surface area contributed by atoms with Crippen molar-refractivity contribution in [2.75, 3.05) is 26.2 Å². The summed E-state index contributed by atoms with van der Waals surface area (Å²) in [5.74, 6) is 0. The van der Waals surface area contributed by atoms with E-state index in [0.717, 1.165) is 13.1 Å². The summed E-state index contributed by atoms with van der Waals surface area (Å²) in [5.41, 5.74) is 11.1. The van der Waals surface area contributed by atoms with Gasteiger partial charge in [-0.2, -0.15) is 0 Å². The van der Waals surface area contributed by atoms with E-state index in [2.05, 4.69) is 5.32 Å². The first-order valence-corrected chi connectivity index (χ1v) is 14.5. The first kappa shape index (κ1) is 30.9. The minimum Gasteiger partial charge on any atom is -0.330 e. The Morgan fingerprint density at radius 1 is 0.258 bits per heavy atom. The summed E-state index contributed by atoms with van der Waals surface area (Å²) < 4.78 is 0. The number of hydrogen-bond donors (Lipinski definition) is 3. The predicted octanol–water partition coefficient (Wildman–Crippen LogP) is 7.86. The zero-order chi connectivity index (χ0) is 22.5. The SMILES string of the molecule is NCCCCCCCCCCCCCCNCCCCCCCCCCCCCCN. The van der Waals surface area contributed by atoms with Crippen LogP contribution in [0.15, 0.2) is 0 Å². The quantitative estimate of drug-likeness (QED) is 0.109. The van der Waals surface area contributed by atoms with E-state index in [0.29, 0.717) is 0 Å². The van der Waals surface area contributed by atoms with Crippen LogP contribution >= 0.6 is 0 Å². The molecule has 0 bridgehead atoms. The molecule has 5 N–H and O–H groups in total. The Hall–Kier alpha value is -0.120. The molecule has 0 aliphatic carbocycles. The maximum atomic E-state index is 5.53. The molecule has 0 atom stereocenters. The first-order chi connectivity index (χ1) is 15.4. The van der Waals surface area contributed by atoms with E-state index in [1.165, 1.54) is 167 Å². The molecule has 31 heavy (non-hydrogen) atoms. The van der Waals surface area contributed by atoms with Crippen LogP contribution in [-0.4, -0.2) is 26.2 Å². The second kappa shape index (κ2) is 29.9. The molecule has 188 valence electrons. The number of nitrogens with two attached hydrogens (primary N) is 2. The molecule has 0 aromatic rings. The summed E-state index contributed by atoms with van der Waals surface area (Å²) in [7, 11) is 0. The molecule has 0 aromatic carbocycles. The van der Waals surface area contributed by atoms with Crippen LogP contribution in [0.1, 0.15) is 154 Å². The topological polar surface area (TPSA) is 64.1 Å². The Kier molecular flexibility index (Phi) is 29.8. The summed E-state index contributed by atoms with van der Waals surface area (Å²) in [4.78, 5) is 0. The van der Waals surface area contributed by atoms with Crippen LogP contribution < -0.4 is 16.8 Å². The largest absolute Gasteiger partial charge is 0.330 e. The first-order valence-electron chi connectivity index (χ1n) is 14.5. The van der Waals surface area contributed by atoms with E-state index < -0.39 is 0 Å². The third kappa shape index (κ3) is 29.9. The monoisotopic (exact) mass is 439 g/mol. The van der Waals surface area contributed by atoms with Gasteiger partial charge in [-0.1, -0.05) is 128 Å². The molecule has 0 saturated carbocycles. The molecule has 0 aromatic heterocycles. The van der Waals surface area contributed by atoms with Crippen LogP contribution in [0.5, 0.6) is 0 Å². The molecular formula is C28H61N3. The smallest absolute Gasteiger partial charge is 0.00489 e. The van der Waals surface area contributed by atoms with Crippen molar-refractivity contribution < 1.29 is 0 Å². The van der Waals surface area contributed by atoms with Crippen LogP contribution in [0, 0.1) is 0 Å². The highest BCUT2D eigenvalue weighted by Crippen LogP contribution is 2.13. The number of hydrogen-bond acceptors (Lipinski definition) is 3. The lowest BCUT2D eigenvalue weighted by molar-refractivity contribution is 0.520. The zero-order valence-corrected chi connectivity index (χ0v) is 21.5. The fourth-order valence-corrected chi connectivity index (χ4v) is 4.45. The molecule has 3 nitrogen and oxygen atoms in total. The van der Waals surface area contributed by atoms with E-state index in [9.17, 15) is 0 Å². The molecular weight excluding hydrogens is 378 g/mol. The molecule has 0 fully saturated rings. The van der Waals surface area contributed by atoms with Gasteiger partial charge in [-0.15, -0.1) is 0 Å². The van der Waals surface area contributed by atoms with Gasteiger partial charge in [0.1, 0.15) is 0 Å². The number of rotatable bonds is 28. The second-order valence-corrected chi connectivity index (χ2v) is 9.81. The summed E-state index contributed by atoms with van der Waals surface area (Å²) in [5, 5.41) is 3.65. The van der Waals surface area contributed by atoms with Gasteiger partial charge in [0.2, 0.25) is 0 Å². The Morgan fingerprint density at radius 2 is 0.452 bits per heavy atom. The third-order valence-corrected chi connectivity index (χ3v) is 6.62. The normalized spacial score (nSPS) is 11.4. The molecule has 0 aliphatic heterocycles. The van der Waals surface area contributed by atoms with Gasteiger partial charge in [0.05, 0.1) is 0 Å². The molecule has 0 unspecified atom stereocenters. The molecule has 0 amide bonds. The van der Waals surface area contributed by atoms with Crippen molar-refractivity contribution in [3.05, 3.63) is 0 Å². The van der Waals surface area contributed by atoms with Gasteiger partial charge in [-0.05, 0) is 51.9 Å². The van der Waals surface area contributed by atoms with Gasteiger partial charge in [0, 0.05) is 0 Å². The number of nitrogens with one attached hydrogen (secondary N) is 1. The van der Waals surface area contributed by atoms with Crippen molar-refractivity contribution in [1.82, 2.24) is 5.32 Å². The highest BCUT2D eigenvalue weighted by molar-refractivity contribution is 4.53. The van der Waals surface area contributed by atoms with E-state index in [-0.39, 0.29) is 0 Å². The maximum Gasteiger partial charge on any atom is -0.00489 e. The van der Waals surface area contributed by atoms with Crippen LogP contribution in [0.3, 0.4) is 0 Å². The fraction of sp³-hybridized carbons (Fsp3) is 1.00. The summed E-state index contributed by atoms with van der Waals surface area (Å²) in [6.45, 7) is 4.20. The van der Waals surface area contributed by atoms with Crippen molar-refractivity contribution in [3.63, 3.8) is 0 Å². The average Bonchev–Trinajstić information content (AvgIpc) is 2.78. The second-order valence-electron chi connectivity index (χ2n) is 9.81. The Labute approximate surface area is 197 Å². The predicted molar refractivity (Wildman–Crippen MR) is 142 cm³/mol. The molecule has 0 spiro atoms. The van der Waals surface area contributed by atoms with Gasteiger partial charge in [-0.3, -0.25) is 0 Å². The fourth-order valence-electron chi connectivity index (χ4n) is 4.45. The summed E-state index contributed by atoms with van der Waals surface area (Å²) in [6, 6.07) is 0. The molecule has 0 radical (unpaired) electrons. The Morgan fingerprint density at radius 3 is 0.677 bits per heavy atom. The zero-order valence-electron chi connectivity index (χ0n) is 21.5. The lowest BCUT2D eigenvalue weighted by Crippen LogP contribution is -2.16. The van der Waals surface area contributed by atoms with Gasteiger partial charge in [0.25, 0.3) is 0 Å². The van der Waals surface area contributed by atoms with Crippen LogP contribution in [-0.2, 0) is 0 Å². The van der Waals surface area contributed by atoms with E-state index >= 15 is 0 Å². The van der Waals surface area contributed by atoms with Gasteiger partial charge in [-0.25, -0.2) is 0 Å². The number of unbranched alkanes of at least 4 members (excludes halogenated alkanes) is 22. The Balaban J connectivity index is 2.98. The highest BCUT2D eigenvalue weighted by Gasteiger charge is 1.96. The van der Waals surface area contributed by atoms with Crippen molar-refractivity contribution in [3.8, 4) is 0 Å². The van der Waals surface area contributed by atoms with Gasteiger partial charge < -0.3 is 16.8 Å². The average molecular weight is 440 g/mol. The van der Waals surface area contributed by atoms with E-state index in [1.807, 2.05) is 0 Å². The molecule has 0 rings (SSSR count). The minimum atomic E-state index is 0.868.